The van der Waals surface area contributed by atoms with Gasteiger partial charge in [0, 0.05) is 37.3 Å². The number of likely N-dealkylation sites (tertiary alicyclic amines) is 1. The van der Waals surface area contributed by atoms with E-state index in [1.165, 1.54) is 6.07 Å². The summed E-state index contributed by atoms with van der Waals surface area (Å²) in [4.78, 5) is 15.9. The maximum atomic E-state index is 14.1. The molecule has 1 aromatic rings. The molecular weight excluding hydrogens is 309 g/mol. The van der Waals surface area contributed by atoms with Crippen molar-refractivity contribution < 1.29 is 13.9 Å². The minimum atomic E-state index is -0.462. The van der Waals surface area contributed by atoms with Crippen LogP contribution in [0.25, 0.3) is 0 Å². The van der Waals surface area contributed by atoms with Gasteiger partial charge in [-0.2, -0.15) is 0 Å². The van der Waals surface area contributed by atoms with Crippen molar-refractivity contribution in [3.05, 3.63) is 24.0 Å². The molecule has 1 amide bonds. The van der Waals surface area contributed by atoms with Gasteiger partial charge in [-0.1, -0.05) is 0 Å². The molecule has 2 saturated heterocycles. The Labute approximate surface area is 142 Å². The monoisotopic (exact) mass is 335 g/mol. The summed E-state index contributed by atoms with van der Waals surface area (Å²) in [6, 6.07) is 4.85. The quantitative estimate of drug-likeness (QED) is 0.801. The van der Waals surface area contributed by atoms with E-state index < -0.39 is 5.60 Å². The van der Waals surface area contributed by atoms with Gasteiger partial charge in [0.05, 0.1) is 5.69 Å². The first-order valence-corrected chi connectivity index (χ1v) is 8.45. The molecule has 0 atom stereocenters. The summed E-state index contributed by atoms with van der Waals surface area (Å²) >= 11 is 0. The average Bonchev–Trinajstić information content (AvgIpc) is 2.43. The molecule has 132 valence electrons. The highest BCUT2D eigenvalue weighted by molar-refractivity contribution is 5.69. The predicted octanol–water partition coefficient (Wildman–Crippen LogP) is 3.25. The SMILES string of the molecule is CC(C)(C)OC(=O)N1CC2(CCN(c3ccc(N)cc3F)CC2)C1. The Morgan fingerprint density at radius 1 is 1.25 bits per heavy atom. The van der Waals surface area contributed by atoms with Crippen molar-refractivity contribution in [1.82, 2.24) is 4.90 Å². The second-order valence-corrected chi connectivity index (χ2v) is 8.03. The number of hydrogen-bond acceptors (Lipinski definition) is 4. The van der Waals surface area contributed by atoms with Gasteiger partial charge in [-0.3, -0.25) is 0 Å². The lowest BCUT2D eigenvalue weighted by Crippen LogP contribution is -2.62. The maximum absolute atomic E-state index is 14.1. The molecule has 0 aliphatic carbocycles. The summed E-state index contributed by atoms with van der Waals surface area (Å²) in [6.45, 7) is 8.69. The maximum Gasteiger partial charge on any atom is 0.410 e. The number of halogens is 1. The third-order valence-electron chi connectivity index (χ3n) is 4.84. The van der Waals surface area contributed by atoms with Crippen molar-refractivity contribution in [2.45, 2.75) is 39.2 Å². The van der Waals surface area contributed by atoms with Crippen molar-refractivity contribution in [3.8, 4) is 0 Å². The number of nitrogens with two attached hydrogens (primary N) is 1. The Hall–Kier alpha value is -1.98. The van der Waals surface area contributed by atoms with Gasteiger partial charge < -0.3 is 20.3 Å². The molecule has 5 nitrogen and oxygen atoms in total. The first-order valence-electron chi connectivity index (χ1n) is 8.45. The molecule has 2 aliphatic heterocycles. The van der Waals surface area contributed by atoms with Crippen LogP contribution in [-0.2, 0) is 4.74 Å². The number of benzene rings is 1. The molecular formula is C18H26FN3O2. The Kier molecular flexibility index (Phi) is 4.10. The van der Waals surface area contributed by atoms with E-state index in [0.29, 0.717) is 11.4 Å². The van der Waals surface area contributed by atoms with Crippen molar-refractivity contribution in [2.75, 3.05) is 36.8 Å². The summed E-state index contributed by atoms with van der Waals surface area (Å²) in [7, 11) is 0. The van der Waals surface area contributed by atoms with Crippen molar-refractivity contribution in [1.29, 1.82) is 0 Å². The Morgan fingerprint density at radius 2 is 1.88 bits per heavy atom. The van der Waals surface area contributed by atoms with Gasteiger partial charge in [-0.15, -0.1) is 0 Å². The highest BCUT2D eigenvalue weighted by Gasteiger charge is 2.47. The normalized spacial score (nSPS) is 20.0. The van der Waals surface area contributed by atoms with Crippen molar-refractivity contribution in [2.24, 2.45) is 5.41 Å². The number of carbonyl (C=O) groups excluding carboxylic acids is 1. The Bertz CT molecular complexity index is 626. The topological polar surface area (TPSA) is 58.8 Å². The summed E-state index contributed by atoms with van der Waals surface area (Å²) in [5.41, 5.74) is 6.37. The third kappa shape index (κ3) is 3.42. The number of rotatable bonds is 1. The highest BCUT2D eigenvalue weighted by atomic mass is 19.1. The average molecular weight is 335 g/mol. The molecule has 2 fully saturated rings. The number of anilines is 2. The van der Waals surface area contributed by atoms with Gasteiger partial charge >= 0.3 is 6.09 Å². The second kappa shape index (κ2) is 5.83. The van der Waals surface area contributed by atoms with Crippen LogP contribution in [0.5, 0.6) is 0 Å². The Balaban J connectivity index is 1.54. The molecule has 1 aromatic carbocycles. The van der Waals surface area contributed by atoms with Crippen LogP contribution < -0.4 is 10.6 Å². The largest absolute Gasteiger partial charge is 0.444 e. The number of piperidine rings is 1. The van der Waals surface area contributed by atoms with E-state index in [2.05, 4.69) is 4.90 Å². The lowest BCUT2D eigenvalue weighted by atomic mass is 9.72. The number of amides is 1. The third-order valence-corrected chi connectivity index (χ3v) is 4.84. The highest BCUT2D eigenvalue weighted by Crippen LogP contribution is 2.42. The summed E-state index contributed by atoms with van der Waals surface area (Å²) in [5, 5.41) is 0. The first-order chi connectivity index (χ1) is 11.2. The van der Waals surface area contributed by atoms with Crippen LogP contribution in [0, 0.1) is 11.2 Å². The van der Waals surface area contributed by atoms with E-state index >= 15 is 0 Å². The van der Waals surface area contributed by atoms with Crippen LogP contribution in [0.4, 0.5) is 20.6 Å². The van der Waals surface area contributed by atoms with Crippen molar-refractivity contribution in [3.63, 3.8) is 0 Å². The lowest BCUT2D eigenvalue weighted by Gasteiger charge is -2.54. The molecule has 2 aliphatic rings. The van der Waals surface area contributed by atoms with Crippen LogP contribution in [0.1, 0.15) is 33.6 Å². The molecule has 24 heavy (non-hydrogen) atoms. The minimum absolute atomic E-state index is 0.164. The molecule has 1 spiro atoms. The molecule has 0 aromatic heterocycles. The lowest BCUT2D eigenvalue weighted by molar-refractivity contribution is -0.0434. The van der Waals surface area contributed by atoms with Gasteiger partial charge in [0.25, 0.3) is 0 Å². The number of hydrogen-bond donors (Lipinski definition) is 1. The van der Waals surface area contributed by atoms with Crippen LogP contribution in [-0.4, -0.2) is 42.8 Å². The fourth-order valence-corrected chi connectivity index (χ4v) is 3.54. The van der Waals surface area contributed by atoms with Gasteiger partial charge in [0.2, 0.25) is 0 Å². The van der Waals surface area contributed by atoms with Gasteiger partial charge in [-0.05, 0) is 51.8 Å². The molecule has 3 rings (SSSR count). The van der Waals surface area contributed by atoms with E-state index in [0.717, 1.165) is 39.0 Å². The van der Waals surface area contributed by atoms with Gasteiger partial charge in [0.1, 0.15) is 11.4 Å². The standard InChI is InChI=1S/C18H26FN3O2/c1-17(2,3)24-16(23)22-11-18(12-22)6-8-21(9-7-18)15-5-4-13(20)10-14(15)19/h4-5,10H,6-9,11-12,20H2,1-3H3. The molecule has 0 saturated carbocycles. The molecule has 0 unspecified atom stereocenters. The van der Waals surface area contributed by atoms with Crippen LogP contribution in [0.3, 0.4) is 0 Å². The number of carbonyl (C=O) groups is 1. The summed E-state index contributed by atoms with van der Waals surface area (Å²) < 4.78 is 19.5. The van der Waals surface area contributed by atoms with Crippen molar-refractivity contribution >= 4 is 17.5 Å². The molecule has 2 heterocycles. The van der Waals surface area contributed by atoms with Crippen LogP contribution >= 0.6 is 0 Å². The number of ether oxygens (including phenoxy) is 1. The van der Waals surface area contributed by atoms with E-state index in [1.807, 2.05) is 20.8 Å². The van der Waals surface area contributed by atoms with Crippen LogP contribution in [0.15, 0.2) is 18.2 Å². The zero-order valence-electron chi connectivity index (χ0n) is 14.6. The van der Waals surface area contributed by atoms with E-state index in [1.54, 1.807) is 17.0 Å². The molecule has 6 heteroatoms. The first kappa shape index (κ1) is 16.9. The van der Waals surface area contributed by atoms with E-state index in [4.69, 9.17) is 10.5 Å². The molecule has 0 bridgehead atoms. The van der Waals surface area contributed by atoms with Crippen LogP contribution in [0.2, 0.25) is 0 Å². The fraction of sp³-hybridized carbons (Fsp3) is 0.611. The second-order valence-electron chi connectivity index (χ2n) is 8.03. The number of nitrogens with zero attached hydrogens (tertiary/aromatic N) is 2. The predicted molar refractivity (Wildman–Crippen MR) is 92.5 cm³/mol. The van der Waals surface area contributed by atoms with E-state index in [9.17, 15) is 9.18 Å². The van der Waals surface area contributed by atoms with Gasteiger partial charge in [-0.25, -0.2) is 9.18 Å². The summed E-state index contributed by atoms with van der Waals surface area (Å²) in [5.74, 6) is -0.269. The minimum Gasteiger partial charge on any atom is -0.444 e. The summed E-state index contributed by atoms with van der Waals surface area (Å²) in [6.07, 6.45) is 1.67. The zero-order chi connectivity index (χ0) is 17.5. The zero-order valence-corrected chi connectivity index (χ0v) is 14.6. The van der Waals surface area contributed by atoms with Gasteiger partial charge in [0.15, 0.2) is 0 Å². The fourth-order valence-electron chi connectivity index (χ4n) is 3.54. The van der Waals surface area contributed by atoms with E-state index in [-0.39, 0.29) is 17.3 Å². The smallest absolute Gasteiger partial charge is 0.410 e. The molecule has 2 N–H and O–H groups in total. The molecule has 0 radical (unpaired) electrons. The number of nitrogen functional groups attached to an aromatic ring is 1. The Morgan fingerprint density at radius 3 is 2.42 bits per heavy atom.